The summed E-state index contributed by atoms with van der Waals surface area (Å²) >= 11 is 5.84. The predicted octanol–water partition coefficient (Wildman–Crippen LogP) is 1.46. The molecule has 0 spiro atoms. The van der Waals surface area contributed by atoms with E-state index >= 15 is 0 Å². The summed E-state index contributed by atoms with van der Waals surface area (Å²) in [7, 11) is -6.80. The summed E-state index contributed by atoms with van der Waals surface area (Å²) in [6, 6.07) is 3.39. The lowest BCUT2D eigenvalue weighted by Gasteiger charge is -2.27. The molecular weight excluding hydrogens is 334 g/mol. The molecule has 1 aliphatic heterocycles. The fourth-order valence-electron chi connectivity index (χ4n) is 2.37. The molecule has 1 aromatic carbocycles. The number of hydrogen-bond donors (Lipinski definition) is 0. The molecule has 1 saturated heterocycles. The largest absolute Gasteiger partial charge is 0.243 e. The van der Waals surface area contributed by atoms with Gasteiger partial charge in [-0.15, -0.1) is 11.6 Å². The molecule has 1 heterocycles. The fraction of sp³-hybridized carbons (Fsp3) is 0.538. The van der Waals surface area contributed by atoms with Gasteiger partial charge in [-0.3, -0.25) is 0 Å². The number of benzene rings is 1. The van der Waals surface area contributed by atoms with Crippen molar-refractivity contribution in [2.75, 3.05) is 24.6 Å². The third-order valence-corrected chi connectivity index (χ3v) is 7.64. The lowest BCUT2D eigenvalue weighted by atomic mass is 10.1. The molecule has 2 rings (SSSR count). The molecule has 21 heavy (non-hydrogen) atoms. The summed E-state index contributed by atoms with van der Waals surface area (Å²) in [6.45, 7) is 3.63. The Morgan fingerprint density at radius 2 is 1.71 bits per heavy atom. The van der Waals surface area contributed by atoms with Crippen LogP contribution in [0.1, 0.15) is 16.7 Å². The van der Waals surface area contributed by atoms with Crippen LogP contribution in [0.5, 0.6) is 0 Å². The third-order valence-electron chi connectivity index (χ3n) is 3.70. The predicted molar refractivity (Wildman–Crippen MR) is 82.9 cm³/mol. The van der Waals surface area contributed by atoms with Crippen LogP contribution in [-0.2, 0) is 25.7 Å². The van der Waals surface area contributed by atoms with Gasteiger partial charge < -0.3 is 0 Å². The Morgan fingerprint density at radius 1 is 1.14 bits per heavy atom. The van der Waals surface area contributed by atoms with Gasteiger partial charge in [0.25, 0.3) is 0 Å². The number of sulfonamides is 1. The Morgan fingerprint density at radius 3 is 2.24 bits per heavy atom. The van der Waals surface area contributed by atoms with E-state index in [1.54, 1.807) is 19.1 Å². The van der Waals surface area contributed by atoms with Crippen molar-refractivity contribution in [3.05, 3.63) is 28.8 Å². The molecule has 0 N–H and O–H groups in total. The molecule has 8 heteroatoms. The summed E-state index contributed by atoms with van der Waals surface area (Å²) < 4.78 is 49.5. The highest BCUT2D eigenvalue weighted by Gasteiger charge is 2.32. The Kier molecular flexibility index (Phi) is 4.68. The van der Waals surface area contributed by atoms with Gasteiger partial charge in [-0.05, 0) is 36.6 Å². The first-order chi connectivity index (χ1) is 9.67. The number of rotatable bonds is 3. The molecular formula is C13H18ClNO4S2. The summed E-state index contributed by atoms with van der Waals surface area (Å²) in [5, 5.41) is 0. The molecule has 1 aliphatic rings. The second-order valence-corrected chi connectivity index (χ2v) is 9.71. The molecule has 0 amide bonds. The highest BCUT2D eigenvalue weighted by molar-refractivity contribution is 7.92. The van der Waals surface area contributed by atoms with Crippen molar-refractivity contribution in [1.29, 1.82) is 0 Å². The number of hydrogen-bond acceptors (Lipinski definition) is 4. The summed E-state index contributed by atoms with van der Waals surface area (Å²) in [4.78, 5) is 0.211. The van der Waals surface area contributed by atoms with Crippen LogP contribution in [0.3, 0.4) is 0 Å². The second-order valence-electron chi connectivity index (χ2n) is 5.23. The van der Waals surface area contributed by atoms with E-state index in [0.29, 0.717) is 5.56 Å². The average Bonchev–Trinajstić information content (AvgIpc) is 2.38. The quantitative estimate of drug-likeness (QED) is 0.773. The number of sulfone groups is 1. The molecule has 0 aliphatic carbocycles. The van der Waals surface area contributed by atoms with E-state index in [1.807, 2.05) is 6.92 Å². The number of aryl methyl sites for hydroxylation is 2. The summed E-state index contributed by atoms with van der Waals surface area (Å²) in [5.41, 5.74) is 2.36. The van der Waals surface area contributed by atoms with E-state index in [4.69, 9.17) is 11.6 Å². The van der Waals surface area contributed by atoms with Crippen molar-refractivity contribution in [1.82, 2.24) is 4.31 Å². The minimum atomic E-state index is -3.68. The SMILES string of the molecule is Cc1cc(C)c(S(=O)(=O)N2CCS(=O)(=O)CC2)cc1CCl. The Bertz CT molecular complexity index is 743. The van der Waals surface area contributed by atoms with Crippen molar-refractivity contribution in [2.24, 2.45) is 0 Å². The van der Waals surface area contributed by atoms with E-state index in [0.717, 1.165) is 11.1 Å². The van der Waals surface area contributed by atoms with Gasteiger partial charge in [0.2, 0.25) is 10.0 Å². The van der Waals surface area contributed by atoms with Crippen LogP contribution in [0, 0.1) is 13.8 Å². The fourth-order valence-corrected chi connectivity index (χ4v) is 5.79. The van der Waals surface area contributed by atoms with Gasteiger partial charge in [0, 0.05) is 19.0 Å². The molecule has 0 saturated carbocycles. The molecule has 1 aromatic rings. The van der Waals surface area contributed by atoms with Crippen LogP contribution in [0.2, 0.25) is 0 Å². The smallest absolute Gasteiger partial charge is 0.229 e. The van der Waals surface area contributed by atoms with Gasteiger partial charge in [-0.2, -0.15) is 4.31 Å². The number of halogens is 1. The van der Waals surface area contributed by atoms with Gasteiger partial charge in [0.15, 0.2) is 9.84 Å². The van der Waals surface area contributed by atoms with Crippen molar-refractivity contribution in [3.8, 4) is 0 Å². The van der Waals surface area contributed by atoms with Crippen molar-refractivity contribution in [2.45, 2.75) is 24.6 Å². The van der Waals surface area contributed by atoms with Crippen LogP contribution >= 0.6 is 11.6 Å². The maximum atomic E-state index is 12.7. The Balaban J connectivity index is 2.41. The van der Waals surface area contributed by atoms with Crippen molar-refractivity contribution < 1.29 is 16.8 Å². The molecule has 0 aromatic heterocycles. The minimum absolute atomic E-state index is 0.00813. The van der Waals surface area contributed by atoms with Gasteiger partial charge in [0.1, 0.15) is 0 Å². The first kappa shape index (κ1) is 16.7. The Labute approximate surface area is 130 Å². The third kappa shape index (κ3) is 3.41. The summed E-state index contributed by atoms with van der Waals surface area (Å²) in [6.07, 6.45) is 0. The molecule has 5 nitrogen and oxygen atoms in total. The highest BCUT2D eigenvalue weighted by atomic mass is 35.5. The van der Waals surface area contributed by atoms with Crippen LogP contribution in [0.4, 0.5) is 0 Å². The number of nitrogens with zero attached hydrogens (tertiary/aromatic N) is 1. The van der Waals surface area contributed by atoms with E-state index in [2.05, 4.69) is 0 Å². The van der Waals surface area contributed by atoms with Crippen molar-refractivity contribution >= 4 is 31.5 Å². The molecule has 118 valence electrons. The first-order valence-corrected chi connectivity index (χ1v) is 10.3. The second kappa shape index (κ2) is 5.87. The van der Waals surface area contributed by atoms with Crippen LogP contribution in [-0.4, -0.2) is 45.7 Å². The zero-order chi connectivity index (χ0) is 15.8. The van der Waals surface area contributed by atoms with Gasteiger partial charge >= 0.3 is 0 Å². The molecule has 0 radical (unpaired) electrons. The van der Waals surface area contributed by atoms with E-state index in [-0.39, 0.29) is 35.4 Å². The van der Waals surface area contributed by atoms with E-state index in [9.17, 15) is 16.8 Å². The van der Waals surface area contributed by atoms with Crippen LogP contribution < -0.4 is 0 Å². The Hall–Kier alpha value is -0.630. The van der Waals surface area contributed by atoms with E-state index < -0.39 is 19.9 Å². The first-order valence-electron chi connectivity index (χ1n) is 6.54. The summed E-state index contributed by atoms with van der Waals surface area (Å²) in [5.74, 6) is -0.0119. The minimum Gasteiger partial charge on any atom is -0.229 e. The maximum Gasteiger partial charge on any atom is 0.243 e. The molecule has 0 atom stereocenters. The van der Waals surface area contributed by atoms with Crippen LogP contribution in [0.25, 0.3) is 0 Å². The maximum absolute atomic E-state index is 12.7. The zero-order valence-electron chi connectivity index (χ0n) is 12.0. The molecule has 1 fully saturated rings. The van der Waals surface area contributed by atoms with Crippen LogP contribution in [0.15, 0.2) is 17.0 Å². The van der Waals surface area contributed by atoms with E-state index in [1.165, 1.54) is 4.31 Å². The number of alkyl halides is 1. The topological polar surface area (TPSA) is 71.5 Å². The standard InChI is InChI=1S/C13H18ClNO4S2/c1-10-7-11(2)13(8-12(10)9-14)21(18,19)15-3-5-20(16,17)6-4-15/h7-8H,3-6,9H2,1-2H3. The van der Waals surface area contributed by atoms with Crippen molar-refractivity contribution in [3.63, 3.8) is 0 Å². The average molecular weight is 352 g/mol. The van der Waals surface area contributed by atoms with Gasteiger partial charge in [-0.25, -0.2) is 16.8 Å². The lowest BCUT2D eigenvalue weighted by molar-refractivity contribution is 0.430. The highest BCUT2D eigenvalue weighted by Crippen LogP contribution is 2.25. The zero-order valence-corrected chi connectivity index (χ0v) is 14.4. The normalized spacial score (nSPS) is 19.6. The molecule has 0 bridgehead atoms. The monoisotopic (exact) mass is 351 g/mol. The molecule has 0 unspecified atom stereocenters. The van der Waals surface area contributed by atoms with Gasteiger partial charge in [0.05, 0.1) is 16.4 Å². The lowest BCUT2D eigenvalue weighted by Crippen LogP contribution is -2.43. The van der Waals surface area contributed by atoms with Gasteiger partial charge in [-0.1, -0.05) is 6.07 Å².